The van der Waals surface area contributed by atoms with Gasteiger partial charge in [0.05, 0.1) is 12.5 Å². The number of hydrogen-bond acceptors (Lipinski definition) is 3. The molecule has 0 radical (unpaired) electrons. The second-order valence-electron chi connectivity index (χ2n) is 3.92. The molecule has 0 aliphatic carbocycles. The number of nitrogens with two attached hydrogens (primary N) is 1. The zero-order valence-electron chi connectivity index (χ0n) is 10.1. The quantitative estimate of drug-likeness (QED) is 0.500. The zero-order valence-corrected chi connectivity index (χ0v) is 10.9. The highest BCUT2D eigenvalue weighted by Gasteiger charge is 2.37. The van der Waals surface area contributed by atoms with Gasteiger partial charge in [0.15, 0.2) is 5.69 Å². The van der Waals surface area contributed by atoms with Gasteiger partial charge in [0.1, 0.15) is 6.54 Å². The average Bonchev–Trinajstić information content (AvgIpc) is 2.30. The highest BCUT2D eigenvalue weighted by molar-refractivity contribution is 7.80. The third-order valence-electron chi connectivity index (χ3n) is 2.78. The normalized spacial score (nSPS) is 14.0. The standard InChI is InChI=1S/C12H16N4S/c1-15(2)16(12(14)17,10-6-9-13)11-7-4-3-5-8-11/h3-5,7-8H,6,10H2,1-2H3,(H-,14,17)/p+1. The number of thiocarbonyl (C=S) groups is 1. The van der Waals surface area contributed by atoms with Crippen molar-refractivity contribution in [3.05, 3.63) is 30.3 Å². The first-order valence-corrected chi connectivity index (χ1v) is 5.75. The van der Waals surface area contributed by atoms with E-state index in [1.54, 1.807) is 0 Å². The van der Waals surface area contributed by atoms with Gasteiger partial charge in [-0.1, -0.05) is 18.2 Å². The Labute approximate surface area is 107 Å². The summed E-state index contributed by atoms with van der Waals surface area (Å²) in [7, 11) is 3.81. The highest BCUT2D eigenvalue weighted by Crippen LogP contribution is 2.24. The van der Waals surface area contributed by atoms with Crippen molar-refractivity contribution in [2.45, 2.75) is 6.42 Å². The Morgan fingerprint density at radius 2 is 2.00 bits per heavy atom. The smallest absolute Gasteiger partial charge is 0.292 e. The van der Waals surface area contributed by atoms with Crippen LogP contribution in [0.5, 0.6) is 0 Å². The predicted octanol–water partition coefficient (Wildman–Crippen LogP) is 1.63. The van der Waals surface area contributed by atoms with Crippen molar-refractivity contribution < 1.29 is 0 Å². The van der Waals surface area contributed by atoms with Crippen molar-refractivity contribution in [1.29, 1.82) is 5.26 Å². The number of quaternary nitrogens is 1. The van der Waals surface area contributed by atoms with E-state index >= 15 is 0 Å². The molecule has 1 atom stereocenters. The summed E-state index contributed by atoms with van der Waals surface area (Å²) in [6.45, 7) is 0.544. The van der Waals surface area contributed by atoms with Crippen LogP contribution in [0.1, 0.15) is 6.42 Å². The molecule has 0 aliphatic heterocycles. The first-order chi connectivity index (χ1) is 8.05. The number of hydrogen-bond donors (Lipinski definition) is 1. The first kappa shape index (κ1) is 13.6. The maximum Gasteiger partial charge on any atom is 0.292 e. The van der Waals surface area contributed by atoms with E-state index in [2.05, 4.69) is 6.07 Å². The monoisotopic (exact) mass is 249 g/mol. The molecule has 0 aromatic heterocycles. The summed E-state index contributed by atoms with van der Waals surface area (Å²) < 4.78 is 0.226. The minimum Gasteiger partial charge on any atom is -0.343 e. The van der Waals surface area contributed by atoms with Crippen molar-refractivity contribution >= 4 is 23.0 Å². The molecule has 5 heteroatoms. The summed E-state index contributed by atoms with van der Waals surface area (Å²) in [6, 6.07) is 11.9. The van der Waals surface area contributed by atoms with Gasteiger partial charge in [0.25, 0.3) is 5.11 Å². The van der Waals surface area contributed by atoms with Crippen LogP contribution in [-0.2, 0) is 0 Å². The summed E-state index contributed by atoms with van der Waals surface area (Å²) in [5.74, 6) is 0. The van der Waals surface area contributed by atoms with Crippen molar-refractivity contribution in [2.24, 2.45) is 5.73 Å². The van der Waals surface area contributed by atoms with Crippen LogP contribution in [0.2, 0.25) is 0 Å². The molecule has 4 nitrogen and oxygen atoms in total. The Hall–Kier alpha value is -1.48. The van der Waals surface area contributed by atoms with Gasteiger partial charge in [0.2, 0.25) is 0 Å². The van der Waals surface area contributed by atoms with Gasteiger partial charge >= 0.3 is 0 Å². The molecule has 0 heterocycles. The molecule has 0 bridgehead atoms. The third kappa shape index (κ3) is 2.61. The summed E-state index contributed by atoms with van der Waals surface area (Å²) in [5, 5.41) is 11.0. The number of nitriles is 1. The van der Waals surface area contributed by atoms with E-state index in [1.165, 1.54) is 0 Å². The highest BCUT2D eigenvalue weighted by atomic mass is 32.1. The Balaban J connectivity index is 3.26. The van der Waals surface area contributed by atoms with Gasteiger partial charge in [-0.25, -0.2) is 0 Å². The Morgan fingerprint density at radius 1 is 1.41 bits per heavy atom. The van der Waals surface area contributed by atoms with E-state index in [-0.39, 0.29) is 4.59 Å². The summed E-state index contributed by atoms with van der Waals surface area (Å²) in [4.78, 5) is 0. The van der Waals surface area contributed by atoms with Gasteiger partial charge in [-0.2, -0.15) is 9.85 Å². The molecule has 0 aliphatic rings. The van der Waals surface area contributed by atoms with Crippen molar-refractivity contribution in [3.8, 4) is 6.07 Å². The van der Waals surface area contributed by atoms with Gasteiger partial charge < -0.3 is 5.73 Å². The third-order valence-corrected chi connectivity index (χ3v) is 3.08. The van der Waals surface area contributed by atoms with Crippen LogP contribution in [0.4, 0.5) is 5.69 Å². The van der Waals surface area contributed by atoms with Gasteiger partial charge in [-0.3, -0.25) is 0 Å². The van der Waals surface area contributed by atoms with Crippen LogP contribution >= 0.6 is 12.2 Å². The maximum atomic E-state index is 8.78. The van der Waals surface area contributed by atoms with Crippen LogP contribution in [0.3, 0.4) is 0 Å². The molecular formula is C12H17N4S+. The largest absolute Gasteiger partial charge is 0.343 e. The summed E-state index contributed by atoms with van der Waals surface area (Å²) >= 11 is 5.20. The minimum atomic E-state index is 0.226. The number of benzene rings is 1. The lowest BCUT2D eigenvalue weighted by molar-refractivity contribution is 0.119. The van der Waals surface area contributed by atoms with E-state index < -0.39 is 0 Å². The van der Waals surface area contributed by atoms with Gasteiger partial charge in [0, 0.05) is 38.4 Å². The van der Waals surface area contributed by atoms with Crippen LogP contribution < -0.4 is 10.3 Å². The second kappa shape index (κ2) is 5.73. The molecule has 0 saturated heterocycles. The van der Waals surface area contributed by atoms with E-state index in [1.807, 2.05) is 49.4 Å². The van der Waals surface area contributed by atoms with Crippen molar-refractivity contribution in [1.82, 2.24) is 9.60 Å². The average molecular weight is 249 g/mol. The molecule has 1 rings (SSSR count). The lowest BCUT2D eigenvalue weighted by Crippen LogP contribution is -2.65. The van der Waals surface area contributed by atoms with Gasteiger partial charge in [-0.05, 0) is 0 Å². The molecule has 0 saturated carbocycles. The van der Waals surface area contributed by atoms with Crippen LogP contribution in [0, 0.1) is 11.3 Å². The number of para-hydroxylation sites is 1. The van der Waals surface area contributed by atoms with Crippen molar-refractivity contribution in [3.63, 3.8) is 0 Å². The predicted molar refractivity (Wildman–Crippen MR) is 73.8 cm³/mol. The number of rotatable bonds is 4. The van der Waals surface area contributed by atoms with E-state index in [0.717, 1.165) is 5.69 Å². The fourth-order valence-electron chi connectivity index (χ4n) is 1.88. The Morgan fingerprint density at radius 3 is 2.41 bits per heavy atom. The molecule has 17 heavy (non-hydrogen) atoms. The molecule has 0 fully saturated rings. The van der Waals surface area contributed by atoms with Gasteiger partial charge in [-0.15, -0.1) is 5.01 Å². The molecule has 90 valence electrons. The van der Waals surface area contributed by atoms with Crippen molar-refractivity contribution in [2.75, 3.05) is 20.6 Å². The zero-order chi connectivity index (χ0) is 12.9. The molecule has 0 spiro atoms. The lowest BCUT2D eigenvalue weighted by atomic mass is 10.2. The molecule has 1 aromatic carbocycles. The fraction of sp³-hybridized carbons (Fsp3) is 0.333. The molecule has 1 unspecified atom stereocenters. The Bertz CT molecular complexity index is 424. The minimum absolute atomic E-state index is 0.226. The van der Waals surface area contributed by atoms with Crippen LogP contribution in [-0.4, -0.2) is 30.8 Å². The van der Waals surface area contributed by atoms with E-state index in [0.29, 0.717) is 18.1 Å². The maximum absolute atomic E-state index is 8.78. The van der Waals surface area contributed by atoms with E-state index in [4.69, 9.17) is 23.2 Å². The number of nitrogens with zero attached hydrogens (tertiary/aromatic N) is 3. The second-order valence-corrected chi connectivity index (χ2v) is 4.34. The fourth-order valence-corrected chi connectivity index (χ4v) is 2.24. The topological polar surface area (TPSA) is 53.0 Å². The molecule has 1 aromatic rings. The molecule has 0 amide bonds. The summed E-state index contributed by atoms with van der Waals surface area (Å²) in [5.41, 5.74) is 6.87. The first-order valence-electron chi connectivity index (χ1n) is 5.34. The molecular weight excluding hydrogens is 232 g/mol. The van der Waals surface area contributed by atoms with Crippen LogP contribution in [0.25, 0.3) is 0 Å². The lowest BCUT2D eigenvalue weighted by Gasteiger charge is -2.39. The van der Waals surface area contributed by atoms with Crippen LogP contribution in [0.15, 0.2) is 30.3 Å². The molecule has 2 N–H and O–H groups in total. The van der Waals surface area contributed by atoms with E-state index in [9.17, 15) is 0 Å². The summed E-state index contributed by atoms with van der Waals surface area (Å²) in [6.07, 6.45) is 0.393. The Kier molecular flexibility index (Phi) is 4.58. The SMILES string of the molecule is CN(C)[N+](CCC#N)(C(N)=S)c1ccccc1.